The lowest BCUT2D eigenvalue weighted by atomic mass is 10.1. The maximum Gasteiger partial charge on any atom is 0.271 e. The number of fused-ring (bicyclic) bond motifs is 1. The standard InChI is InChI=1S/C20H19FN4O4/c1-2-29-20(17(26)24-10-11-6-8-12(9-7-11)16(22)23)25-18(27)13-4-3-5-14(21)15(13)19(25)28/h3-9,20H,2,10H2,1H3,(H3,22,23)(H,24,26)/t20-/m0/s1. The second-order valence-corrected chi connectivity index (χ2v) is 6.28. The lowest BCUT2D eigenvalue weighted by Crippen LogP contribution is -2.51. The van der Waals surface area contributed by atoms with Crippen molar-refractivity contribution in [1.82, 2.24) is 10.2 Å². The molecule has 3 amide bonds. The van der Waals surface area contributed by atoms with Crippen molar-refractivity contribution in [3.63, 3.8) is 0 Å². The van der Waals surface area contributed by atoms with E-state index in [1.807, 2.05) is 0 Å². The van der Waals surface area contributed by atoms with Gasteiger partial charge >= 0.3 is 0 Å². The van der Waals surface area contributed by atoms with Gasteiger partial charge in [0.1, 0.15) is 11.7 Å². The van der Waals surface area contributed by atoms with Crippen LogP contribution in [0.25, 0.3) is 0 Å². The summed E-state index contributed by atoms with van der Waals surface area (Å²) < 4.78 is 19.4. The smallest absolute Gasteiger partial charge is 0.271 e. The van der Waals surface area contributed by atoms with E-state index in [0.717, 1.165) is 6.07 Å². The molecule has 0 radical (unpaired) electrons. The molecule has 0 aromatic heterocycles. The third kappa shape index (κ3) is 3.85. The van der Waals surface area contributed by atoms with E-state index >= 15 is 0 Å². The Morgan fingerprint density at radius 3 is 2.48 bits per heavy atom. The van der Waals surface area contributed by atoms with Gasteiger partial charge in [0.15, 0.2) is 0 Å². The number of imide groups is 1. The van der Waals surface area contributed by atoms with Crippen molar-refractivity contribution in [2.24, 2.45) is 5.73 Å². The quantitative estimate of drug-likeness (QED) is 0.369. The van der Waals surface area contributed by atoms with Crippen molar-refractivity contribution in [3.8, 4) is 0 Å². The molecule has 0 saturated heterocycles. The van der Waals surface area contributed by atoms with Crippen molar-refractivity contribution in [3.05, 3.63) is 70.5 Å². The molecular formula is C20H19FN4O4. The van der Waals surface area contributed by atoms with E-state index in [-0.39, 0.29) is 30.1 Å². The molecule has 8 nitrogen and oxygen atoms in total. The zero-order valence-electron chi connectivity index (χ0n) is 15.6. The number of nitrogens with two attached hydrogens (primary N) is 1. The van der Waals surface area contributed by atoms with E-state index in [4.69, 9.17) is 15.9 Å². The zero-order valence-corrected chi connectivity index (χ0v) is 15.6. The molecule has 1 aliphatic heterocycles. The molecular weight excluding hydrogens is 379 g/mol. The van der Waals surface area contributed by atoms with Crippen LogP contribution in [0, 0.1) is 11.2 Å². The maximum absolute atomic E-state index is 14.0. The van der Waals surface area contributed by atoms with E-state index in [1.54, 1.807) is 31.2 Å². The van der Waals surface area contributed by atoms with Crippen molar-refractivity contribution < 1.29 is 23.5 Å². The minimum Gasteiger partial charge on any atom is -0.384 e. The number of nitrogens with zero attached hydrogens (tertiary/aromatic N) is 1. The molecule has 1 aliphatic rings. The van der Waals surface area contributed by atoms with Gasteiger partial charge in [0.2, 0.25) is 6.23 Å². The molecule has 3 rings (SSSR count). The lowest BCUT2D eigenvalue weighted by Gasteiger charge is -2.24. The highest BCUT2D eigenvalue weighted by atomic mass is 19.1. The largest absolute Gasteiger partial charge is 0.384 e. The molecule has 0 spiro atoms. The number of halogens is 1. The van der Waals surface area contributed by atoms with Gasteiger partial charge in [-0.1, -0.05) is 30.3 Å². The molecule has 0 aliphatic carbocycles. The van der Waals surface area contributed by atoms with Crippen LogP contribution in [-0.4, -0.2) is 41.3 Å². The molecule has 150 valence electrons. The van der Waals surface area contributed by atoms with Gasteiger partial charge in [-0.25, -0.2) is 9.29 Å². The van der Waals surface area contributed by atoms with Crippen LogP contribution in [-0.2, 0) is 16.1 Å². The van der Waals surface area contributed by atoms with Crippen molar-refractivity contribution in [2.45, 2.75) is 19.7 Å². The van der Waals surface area contributed by atoms with Crippen LogP contribution in [0.4, 0.5) is 4.39 Å². The molecule has 4 N–H and O–H groups in total. The first-order chi connectivity index (χ1) is 13.8. The van der Waals surface area contributed by atoms with Crippen LogP contribution in [0.3, 0.4) is 0 Å². The predicted octanol–water partition coefficient (Wildman–Crippen LogP) is 1.38. The summed E-state index contributed by atoms with van der Waals surface area (Å²) in [5.74, 6) is -3.32. The third-order valence-electron chi connectivity index (χ3n) is 4.41. The van der Waals surface area contributed by atoms with Crippen molar-refractivity contribution in [1.29, 1.82) is 5.41 Å². The average Bonchev–Trinajstić information content (AvgIpc) is 2.96. The SMILES string of the molecule is CCO[C@@H](C(=O)NCc1ccc(C(=N)N)cc1)N1C(=O)c2cccc(F)c2C1=O. The first kappa shape index (κ1) is 20.2. The highest BCUT2D eigenvalue weighted by Gasteiger charge is 2.44. The summed E-state index contributed by atoms with van der Waals surface area (Å²) in [5.41, 5.74) is 6.19. The van der Waals surface area contributed by atoms with Crippen LogP contribution in [0.2, 0.25) is 0 Å². The number of benzene rings is 2. The Labute approximate surface area is 166 Å². The van der Waals surface area contributed by atoms with Crippen LogP contribution in [0.15, 0.2) is 42.5 Å². The summed E-state index contributed by atoms with van der Waals surface area (Å²) in [5, 5.41) is 9.98. The summed E-state index contributed by atoms with van der Waals surface area (Å²) in [4.78, 5) is 38.5. The summed E-state index contributed by atoms with van der Waals surface area (Å²) in [6.45, 7) is 1.76. The van der Waals surface area contributed by atoms with Gasteiger partial charge in [-0.05, 0) is 24.6 Å². The van der Waals surface area contributed by atoms with Gasteiger partial charge in [0, 0.05) is 18.7 Å². The van der Waals surface area contributed by atoms with E-state index in [1.165, 1.54) is 12.1 Å². The monoisotopic (exact) mass is 398 g/mol. The number of rotatable bonds is 7. The number of nitrogens with one attached hydrogen (secondary N) is 2. The molecule has 2 aromatic carbocycles. The number of hydrogen-bond acceptors (Lipinski definition) is 5. The number of amidine groups is 1. The Kier molecular flexibility index (Phi) is 5.69. The number of amides is 3. The number of nitrogen functional groups attached to an aromatic ring is 1. The highest BCUT2D eigenvalue weighted by molar-refractivity contribution is 6.22. The minimum absolute atomic E-state index is 0.0568. The molecule has 1 atom stereocenters. The predicted molar refractivity (Wildman–Crippen MR) is 102 cm³/mol. The molecule has 0 saturated carbocycles. The fourth-order valence-electron chi connectivity index (χ4n) is 2.98. The molecule has 0 unspecified atom stereocenters. The van der Waals surface area contributed by atoms with Gasteiger partial charge in [0.25, 0.3) is 17.7 Å². The Morgan fingerprint density at radius 2 is 1.90 bits per heavy atom. The fraction of sp³-hybridized carbons (Fsp3) is 0.200. The Morgan fingerprint density at radius 1 is 1.21 bits per heavy atom. The summed E-state index contributed by atoms with van der Waals surface area (Å²) >= 11 is 0. The highest BCUT2D eigenvalue weighted by Crippen LogP contribution is 2.27. The molecule has 2 aromatic rings. The second-order valence-electron chi connectivity index (χ2n) is 6.28. The number of hydrogen-bond donors (Lipinski definition) is 3. The second kappa shape index (κ2) is 8.19. The summed E-state index contributed by atoms with van der Waals surface area (Å²) in [6.07, 6.45) is -1.52. The van der Waals surface area contributed by atoms with E-state index in [0.29, 0.717) is 16.0 Å². The topological polar surface area (TPSA) is 126 Å². The van der Waals surface area contributed by atoms with Gasteiger partial charge in [-0.2, -0.15) is 0 Å². The van der Waals surface area contributed by atoms with Gasteiger partial charge in [-0.15, -0.1) is 0 Å². The number of ether oxygens (including phenoxy) is 1. The Hall–Kier alpha value is -3.59. The van der Waals surface area contributed by atoms with Crippen LogP contribution < -0.4 is 11.1 Å². The average molecular weight is 398 g/mol. The first-order valence-corrected chi connectivity index (χ1v) is 8.84. The van der Waals surface area contributed by atoms with Gasteiger partial charge in [-0.3, -0.25) is 19.8 Å². The Bertz CT molecular complexity index is 990. The van der Waals surface area contributed by atoms with Gasteiger partial charge < -0.3 is 15.8 Å². The van der Waals surface area contributed by atoms with Crippen LogP contribution in [0.1, 0.15) is 38.8 Å². The van der Waals surface area contributed by atoms with Crippen molar-refractivity contribution in [2.75, 3.05) is 6.61 Å². The molecule has 9 heteroatoms. The maximum atomic E-state index is 14.0. The summed E-state index contributed by atoms with van der Waals surface area (Å²) in [6, 6.07) is 10.4. The minimum atomic E-state index is -1.52. The lowest BCUT2D eigenvalue weighted by molar-refractivity contribution is -0.140. The first-order valence-electron chi connectivity index (χ1n) is 8.84. The van der Waals surface area contributed by atoms with Crippen LogP contribution >= 0.6 is 0 Å². The molecule has 29 heavy (non-hydrogen) atoms. The van der Waals surface area contributed by atoms with Crippen LogP contribution in [0.5, 0.6) is 0 Å². The summed E-state index contributed by atoms with van der Waals surface area (Å²) in [7, 11) is 0. The Balaban J connectivity index is 1.76. The normalized spacial score (nSPS) is 13.9. The molecule has 0 bridgehead atoms. The molecule has 1 heterocycles. The third-order valence-corrected chi connectivity index (χ3v) is 4.41. The number of carbonyl (C=O) groups excluding carboxylic acids is 3. The van der Waals surface area contributed by atoms with Gasteiger partial charge in [0.05, 0.1) is 11.1 Å². The van der Waals surface area contributed by atoms with E-state index in [2.05, 4.69) is 5.32 Å². The zero-order chi connectivity index (χ0) is 21.1. The molecule has 0 fully saturated rings. The number of carbonyl (C=O) groups is 3. The van der Waals surface area contributed by atoms with Crippen molar-refractivity contribution >= 4 is 23.6 Å². The van der Waals surface area contributed by atoms with E-state index in [9.17, 15) is 18.8 Å². The fourth-order valence-corrected chi connectivity index (χ4v) is 2.98. The van der Waals surface area contributed by atoms with E-state index < -0.39 is 29.8 Å².